The molecule has 0 N–H and O–H groups in total. The summed E-state index contributed by atoms with van der Waals surface area (Å²) in [6, 6.07) is 60.5. The molecule has 3 heterocycles. The molecule has 9 rings (SSSR count). The second-order valence-electron chi connectivity index (χ2n) is 22.8. The zero-order valence-corrected chi connectivity index (χ0v) is 48.5. The summed E-state index contributed by atoms with van der Waals surface area (Å²) < 4.78 is 90.9. The van der Waals surface area contributed by atoms with Gasteiger partial charge in [-0.3, -0.25) is 0 Å². The largest absolute Gasteiger partial charge is 0.414 e. The van der Waals surface area contributed by atoms with Crippen LogP contribution < -0.4 is 0 Å². The van der Waals surface area contributed by atoms with E-state index in [1.807, 2.05) is 196 Å². The maximum Gasteiger partial charge on any atom is 0.192 e. The van der Waals surface area contributed by atoms with Crippen molar-refractivity contribution in [2.24, 2.45) is 0 Å². The van der Waals surface area contributed by atoms with Crippen molar-refractivity contribution >= 4 is 8.32 Å². The molecule has 0 radical (unpaired) electrons. The number of hydrogen-bond donors (Lipinski definition) is 0. The van der Waals surface area contributed by atoms with E-state index in [1.54, 1.807) is 0 Å². The summed E-state index contributed by atoms with van der Waals surface area (Å²) in [5.41, 5.74) is 5.89. The van der Waals surface area contributed by atoms with E-state index in [0.717, 1.165) is 33.4 Å². The molecule has 428 valence electrons. The molecule has 80 heavy (non-hydrogen) atoms. The average Bonchev–Trinajstić information content (AvgIpc) is 3.98. The van der Waals surface area contributed by atoms with Gasteiger partial charge in [-0.25, -0.2) is 0 Å². The molecule has 6 aromatic rings. The van der Waals surface area contributed by atoms with Crippen LogP contribution in [0.2, 0.25) is 18.1 Å². The van der Waals surface area contributed by atoms with Crippen molar-refractivity contribution in [3.8, 4) is 0 Å². The van der Waals surface area contributed by atoms with E-state index >= 15 is 0 Å². The molecule has 0 unspecified atom stereocenters. The number of rotatable bonds is 27. The van der Waals surface area contributed by atoms with E-state index in [1.165, 1.54) is 0 Å². The van der Waals surface area contributed by atoms with Crippen molar-refractivity contribution in [1.29, 1.82) is 0 Å². The van der Waals surface area contributed by atoms with Gasteiger partial charge >= 0.3 is 0 Å². The van der Waals surface area contributed by atoms with Gasteiger partial charge in [0, 0.05) is 0 Å². The predicted octanol–water partition coefficient (Wildman–Crippen LogP) is 12.2. The molecule has 0 amide bonds. The summed E-state index contributed by atoms with van der Waals surface area (Å²) in [5, 5.41) is -0.0876. The van der Waals surface area contributed by atoms with Gasteiger partial charge < -0.3 is 61.3 Å². The number of ether oxygens (including phenoxy) is 12. The first-order valence-electron chi connectivity index (χ1n) is 28.2. The zero-order valence-electron chi connectivity index (χ0n) is 47.5. The summed E-state index contributed by atoms with van der Waals surface area (Å²) in [6.45, 7) is 17.3. The first kappa shape index (κ1) is 59.6. The second-order valence-corrected chi connectivity index (χ2v) is 27.7. The zero-order chi connectivity index (χ0) is 55.8. The fraction of sp³-hybridized carbons (Fsp3) is 0.455. The fourth-order valence-corrected chi connectivity index (χ4v) is 10.8. The van der Waals surface area contributed by atoms with Crippen molar-refractivity contribution in [2.45, 2.75) is 166 Å². The van der Waals surface area contributed by atoms with Crippen molar-refractivity contribution in [3.63, 3.8) is 0 Å². The highest BCUT2D eigenvalue weighted by molar-refractivity contribution is 6.74. The molecule has 0 saturated carbocycles. The van der Waals surface area contributed by atoms with E-state index in [4.69, 9.17) is 61.3 Å². The smallest absolute Gasteiger partial charge is 0.192 e. The van der Waals surface area contributed by atoms with Crippen LogP contribution in [0.1, 0.15) is 68.0 Å². The average molecular weight is 1110 g/mol. The molecular weight excluding hydrogens is 1030 g/mol. The van der Waals surface area contributed by atoms with Crippen molar-refractivity contribution < 1.29 is 61.3 Å². The lowest BCUT2D eigenvalue weighted by molar-refractivity contribution is -0.384. The lowest BCUT2D eigenvalue weighted by Gasteiger charge is -2.50. The van der Waals surface area contributed by atoms with Crippen LogP contribution in [-0.2, 0) is 101 Å². The highest BCUT2D eigenvalue weighted by Gasteiger charge is 2.55. The van der Waals surface area contributed by atoms with Gasteiger partial charge in [0.25, 0.3) is 0 Å². The molecule has 0 aliphatic carbocycles. The standard InChI is InChI=1S/C66H82O13Si/c1-65(2,3)80(6,7)75-47-56-58(69-40-50-30-18-10-19-31-50)60(71-42-52-34-22-12-23-35-52)62(63(76-56)73-44-54-45-74-66(4,5)79-54)78-64-61(72-43-53-36-24-13-25-37-53)59(70-41-51-32-20-11-21-33-51)57(68-39-49-28-16-9-17-29-49)55(77-64)46-67-38-48-26-14-8-15-27-48/h8-37,54-64H,38-47H2,1-7H3/t54-,55+,56+,57+,58+,59-,60-,61+,62+,63-,64+/m0/s1. The summed E-state index contributed by atoms with van der Waals surface area (Å²) in [5.74, 6) is -0.792. The second kappa shape index (κ2) is 28.8. The van der Waals surface area contributed by atoms with Gasteiger partial charge in [-0.15, -0.1) is 0 Å². The normalized spacial score (nSPS) is 26.1. The Morgan fingerprint density at radius 2 is 0.787 bits per heavy atom. The van der Waals surface area contributed by atoms with Crippen LogP contribution in [-0.4, -0.2) is 108 Å². The third-order valence-electron chi connectivity index (χ3n) is 15.2. The van der Waals surface area contributed by atoms with Crippen LogP contribution >= 0.6 is 0 Å². The van der Waals surface area contributed by atoms with E-state index in [9.17, 15) is 0 Å². The first-order chi connectivity index (χ1) is 38.8. The maximum absolute atomic E-state index is 7.62. The first-order valence-corrected chi connectivity index (χ1v) is 31.1. The predicted molar refractivity (Wildman–Crippen MR) is 307 cm³/mol. The summed E-state index contributed by atoms with van der Waals surface area (Å²) >= 11 is 0. The maximum atomic E-state index is 7.62. The topological polar surface area (TPSA) is 120 Å². The third-order valence-corrected chi connectivity index (χ3v) is 19.7. The molecule has 14 heteroatoms. The Balaban J connectivity index is 1.14. The number of hydrogen-bond acceptors (Lipinski definition) is 13. The third kappa shape index (κ3) is 17.1. The Morgan fingerprint density at radius 1 is 0.425 bits per heavy atom. The Hall–Kier alpha value is -4.98. The van der Waals surface area contributed by atoms with Gasteiger partial charge in [0.1, 0.15) is 54.9 Å². The minimum absolute atomic E-state index is 0.0876. The minimum Gasteiger partial charge on any atom is -0.414 e. The van der Waals surface area contributed by atoms with Crippen LogP contribution in [0.5, 0.6) is 0 Å². The summed E-state index contributed by atoms with van der Waals surface area (Å²) in [6.07, 6.45) is -9.04. The molecule has 3 fully saturated rings. The molecule has 11 atom stereocenters. The van der Waals surface area contributed by atoms with Crippen LogP contribution in [0.3, 0.4) is 0 Å². The lowest BCUT2D eigenvalue weighted by Crippen LogP contribution is -2.66. The SMILES string of the molecule is CC1(C)OC[C@H](CO[C@H]2O[C@H](CO[Si](C)(C)C(C)(C)C)[C@@H](OCc3ccccc3)[C@H](OCc3ccccc3)[C@H]2O[C@H]2O[C@H](COCc3ccccc3)[C@@H](OCc3ccccc3)[C@H](OCc3ccccc3)[C@H]2OCc2ccccc2)O1. The van der Waals surface area contributed by atoms with Crippen LogP contribution in [0.25, 0.3) is 0 Å². The van der Waals surface area contributed by atoms with Gasteiger partial charge in [-0.05, 0) is 65.4 Å². The van der Waals surface area contributed by atoms with Gasteiger partial charge in [0.05, 0.1) is 66.1 Å². The fourth-order valence-electron chi connectivity index (χ4n) is 9.78. The van der Waals surface area contributed by atoms with Crippen LogP contribution in [0.4, 0.5) is 0 Å². The summed E-state index contributed by atoms with van der Waals surface area (Å²) in [4.78, 5) is 0. The van der Waals surface area contributed by atoms with Gasteiger partial charge in [-0.2, -0.15) is 0 Å². The summed E-state index contributed by atoms with van der Waals surface area (Å²) in [7, 11) is -2.35. The lowest BCUT2D eigenvalue weighted by atomic mass is 9.96. The van der Waals surface area contributed by atoms with Crippen LogP contribution in [0.15, 0.2) is 182 Å². The van der Waals surface area contributed by atoms with E-state index in [-0.39, 0.29) is 57.9 Å². The Kier molecular flexibility index (Phi) is 21.5. The molecule has 13 nitrogen and oxygen atoms in total. The Morgan fingerprint density at radius 3 is 1.19 bits per heavy atom. The Labute approximate surface area is 475 Å². The molecular formula is C66H82O13Si. The van der Waals surface area contributed by atoms with Crippen LogP contribution in [0, 0.1) is 0 Å². The molecule has 0 bridgehead atoms. The molecule has 3 aliphatic rings. The molecule has 6 aromatic carbocycles. The monoisotopic (exact) mass is 1110 g/mol. The van der Waals surface area contributed by atoms with Gasteiger partial charge in [0.15, 0.2) is 26.7 Å². The Bertz CT molecular complexity index is 2680. The van der Waals surface area contributed by atoms with E-state index < -0.39 is 81.6 Å². The molecule has 0 aromatic heterocycles. The van der Waals surface area contributed by atoms with Crippen molar-refractivity contribution in [3.05, 3.63) is 215 Å². The highest BCUT2D eigenvalue weighted by Crippen LogP contribution is 2.40. The van der Waals surface area contributed by atoms with Gasteiger partial charge in [-0.1, -0.05) is 203 Å². The van der Waals surface area contributed by atoms with Crippen molar-refractivity contribution in [1.82, 2.24) is 0 Å². The van der Waals surface area contributed by atoms with E-state index in [0.29, 0.717) is 13.2 Å². The number of benzene rings is 6. The minimum atomic E-state index is -2.35. The highest BCUT2D eigenvalue weighted by atomic mass is 28.4. The quantitative estimate of drug-likeness (QED) is 0.0456. The van der Waals surface area contributed by atoms with E-state index in [2.05, 4.69) is 33.9 Å². The molecule has 3 saturated heterocycles. The van der Waals surface area contributed by atoms with Crippen molar-refractivity contribution in [2.75, 3.05) is 26.4 Å². The molecule has 3 aliphatic heterocycles. The molecule has 0 spiro atoms. The van der Waals surface area contributed by atoms with Gasteiger partial charge in [0.2, 0.25) is 0 Å².